The van der Waals surface area contributed by atoms with Crippen LogP contribution in [0.3, 0.4) is 0 Å². The number of ether oxygens (including phenoxy) is 1. The van der Waals surface area contributed by atoms with Crippen molar-refractivity contribution >= 4 is 41.1 Å². The van der Waals surface area contributed by atoms with E-state index in [1.54, 1.807) is 38.1 Å². The van der Waals surface area contributed by atoms with Crippen LogP contribution in [0.5, 0.6) is 5.75 Å². The summed E-state index contributed by atoms with van der Waals surface area (Å²) in [4.78, 5) is 13.2. The highest BCUT2D eigenvalue weighted by Crippen LogP contribution is 2.41. The van der Waals surface area contributed by atoms with Crippen molar-refractivity contribution in [3.8, 4) is 11.8 Å². The van der Waals surface area contributed by atoms with E-state index in [1.807, 2.05) is 6.07 Å². The van der Waals surface area contributed by atoms with Gasteiger partial charge in [-0.1, -0.05) is 23.2 Å². The minimum absolute atomic E-state index is 0.0458. The molecular formula is C22H23Cl2FN4O2S. The van der Waals surface area contributed by atoms with Gasteiger partial charge in [0, 0.05) is 41.0 Å². The first-order valence-electron chi connectivity index (χ1n) is 9.79. The molecule has 0 spiro atoms. The molecule has 1 heterocycles. The van der Waals surface area contributed by atoms with Crippen LogP contribution in [-0.2, 0) is 4.79 Å². The van der Waals surface area contributed by atoms with E-state index in [-0.39, 0.29) is 18.1 Å². The van der Waals surface area contributed by atoms with Crippen LogP contribution >= 0.6 is 35.1 Å². The second-order valence-electron chi connectivity index (χ2n) is 8.41. The van der Waals surface area contributed by atoms with Crippen molar-refractivity contribution in [2.24, 2.45) is 11.1 Å². The quantitative estimate of drug-likeness (QED) is 0.530. The van der Waals surface area contributed by atoms with Gasteiger partial charge in [0.15, 0.2) is 0 Å². The van der Waals surface area contributed by atoms with E-state index in [9.17, 15) is 9.18 Å². The first-order valence-corrected chi connectivity index (χ1v) is 11.3. The van der Waals surface area contributed by atoms with Crippen molar-refractivity contribution in [2.75, 3.05) is 26.2 Å². The largest absolute Gasteiger partial charge is 0.493 e. The number of nitrogens with two attached hydrogens (primary N) is 1. The van der Waals surface area contributed by atoms with Gasteiger partial charge in [-0.05, 0) is 56.1 Å². The summed E-state index contributed by atoms with van der Waals surface area (Å²) >= 11 is 13.7. The Hall–Kier alpha value is -2.02. The van der Waals surface area contributed by atoms with Gasteiger partial charge in [-0.3, -0.25) is 4.79 Å². The molecule has 0 saturated carbocycles. The van der Waals surface area contributed by atoms with Crippen molar-refractivity contribution < 1.29 is 13.9 Å². The molecule has 2 aromatic rings. The molecular weight excluding hydrogens is 474 g/mol. The molecule has 1 aliphatic rings. The van der Waals surface area contributed by atoms with Gasteiger partial charge in [0.25, 0.3) is 0 Å². The lowest BCUT2D eigenvalue weighted by atomic mass is 9.82. The van der Waals surface area contributed by atoms with Gasteiger partial charge in [-0.25, -0.2) is 8.70 Å². The average molecular weight is 497 g/mol. The van der Waals surface area contributed by atoms with Crippen molar-refractivity contribution in [1.29, 1.82) is 5.26 Å². The Morgan fingerprint density at radius 2 is 2.06 bits per heavy atom. The molecule has 10 heteroatoms. The number of nitriles is 1. The Morgan fingerprint density at radius 3 is 2.66 bits per heavy atom. The van der Waals surface area contributed by atoms with Gasteiger partial charge < -0.3 is 15.8 Å². The van der Waals surface area contributed by atoms with Gasteiger partial charge in [-0.15, -0.1) is 0 Å². The first-order chi connectivity index (χ1) is 15.0. The van der Waals surface area contributed by atoms with Crippen LogP contribution in [0.4, 0.5) is 4.39 Å². The highest BCUT2D eigenvalue weighted by atomic mass is 35.5. The molecule has 2 aromatic carbocycles. The molecule has 0 radical (unpaired) electrons. The summed E-state index contributed by atoms with van der Waals surface area (Å²) in [7, 11) is 0. The van der Waals surface area contributed by atoms with Crippen molar-refractivity contribution in [2.45, 2.75) is 24.3 Å². The zero-order valence-electron chi connectivity index (χ0n) is 17.6. The summed E-state index contributed by atoms with van der Waals surface area (Å²) in [6, 6.07) is 11.2. The van der Waals surface area contributed by atoms with Gasteiger partial charge in [0.1, 0.15) is 17.6 Å². The number of nitrogens with zero attached hydrogens (tertiary/aromatic N) is 2. The van der Waals surface area contributed by atoms with Crippen LogP contribution in [0.1, 0.15) is 19.4 Å². The topological polar surface area (TPSA) is 91.4 Å². The maximum atomic E-state index is 13.9. The number of hydrogen-bond acceptors (Lipinski definition) is 6. The Balaban J connectivity index is 1.68. The number of benzene rings is 2. The molecule has 0 atom stereocenters. The highest BCUT2D eigenvalue weighted by molar-refractivity contribution is 7.97. The maximum absolute atomic E-state index is 13.9. The highest BCUT2D eigenvalue weighted by Gasteiger charge is 2.45. The third-order valence-corrected chi connectivity index (χ3v) is 6.69. The molecule has 0 aliphatic carbocycles. The van der Waals surface area contributed by atoms with Crippen LogP contribution in [0.15, 0.2) is 41.3 Å². The van der Waals surface area contributed by atoms with E-state index in [1.165, 1.54) is 24.1 Å². The molecule has 1 amide bonds. The zero-order chi connectivity index (χ0) is 23.5. The Bertz CT molecular complexity index is 1050. The second-order valence-corrected chi connectivity index (χ2v) is 10.4. The summed E-state index contributed by atoms with van der Waals surface area (Å²) in [5, 5.41) is 12.9. The molecule has 3 rings (SSSR count). The molecule has 1 saturated heterocycles. The number of carbonyl (C=O) groups is 1. The van der Waals surface area contributed by atoms with Crippen LogP contribution in [-0.4, -0.2) is 42.0 Å². The molecule has 3 N–H and O–H groups in total. The summed E-state index contributed by atoms with van der Waals surface area (Å²) in [6.07, 6.45) is 0. The van der Waals surface area contributed by atoms with Crippen molar-refractivity contribution in [1.82, 2.24) is 9.62 Å². The van der Waals surface area contributed by atoms with E-state index in [2.05, 4.69) is 9.62 Å². The van der Waals surface area contributed by atoms with Gasteiger partial charge in [0.05, 0.1) is 22.7 Å². The van der Waals surface area contributed by atoms with Gasteiger partial charge in [0.2, 0.25) is 5.91 Å². The monoisotopic (exact) mass is 496 g/mol. The molecule has 1 aliphatic heterocycles. The summed E-state index contributed by atoms with van der Waals surface area (Å²) in [5.74, 6) is -0.591. The van der Waals surface area contributed by atoms with Crippen molar-refractivity contribution in [3.05, 3.63) is 57.8 Å². The number of amides is 1. The average Bonchev–Trinajstić information content (AvgIpc) is 2.69. The number of halogens is 3. The predicted octanol–water partition coefficient (Wildman–Crippen LogP) is 4.25. The summed E-state index contributed by atoms with van der Waals surface area (Å²) < 4.78 is 21.8. The molecule has 32 heavy (non-hydrogen) atoms. The van der Waals surface area contributed by atoms with E-state index in [0.29, 0.717) is 35.4 Å². The van der Waals surface area contributed by atoms with Crippen LogP contribution < -0.4 is 15.8 Å². The fraction of sp³-hybridized carbons (Fsp3) is 0.364. The second kappa shape index (κ2) is 9.86. The fourth-order valence-corrected chi connectivity index (χ4v) is 4.86. The number of hydrogen-bond donors (Lipinski definition) is 2. The zero-order valence-corrected chi connectivity index (χ0v) is 20.0. The number of carbonyl (C=O) groups excluding carboxylic acids is 1. The smallest absolute Gasteiger partial charge is 0.239 e. The minimum Gasteiger partial charge on any atom is -0.493 e. The molecule has 0 aromatic heterocycles. The number of nitrogens with one attached hydrogen (secondary N) is 1. The first kappa shape index (κ1) is 24.6. The minimum atomic E-state index is -1.01. The molecule has 0 bridgehead atoms. The third kappa shape index (κ3) is 6.06. The Kier molecular flexibility index (Phi) is 7.58. The standard InChI is InChI=1S/C22H23Cl2FN4O2S/c1-21(2,27)20(30)28-10-22(13-31-16-5-3-14(9-26)18(25)8-16)11-29(12-22)32-19-6-4-15(23)7-17(19)24/h3-8H,10-13,27H2,1-2H3,(H,28,30). The molecule has 1 fully saturated rings. The maximum Gasteiger partial charge on any atom is 0.239 e. The van der Waals surface area contributed by atoms with E-state index in [4.69, 9.17) is 38.9 Å². The van der Waals surface area contributed by atoms with Gasteiger partial charge in [-0.2, -0.15) is 5.26 Å². The van der Waals surface area contributed by atoms with Crippen molar-refractivity contribution in [3.63, 3.8) is 0 Å². The van der Waals surface area contributed by atoms with Gasteiger partial charge >= 0.3 is 0 Å². The van der Waals surface area contributed by atoms with E-state index >= 15 is 0 Å². The molecule has 170 valence electrons. The van der Waals surface area contributed by atoms with Crippen LogP contribution in [0.25, 0.3) is 0 Å². The lowest BCUT2D eigenvalue weighted by Gasteiger charge is -2.49. The Labute approximate surface area is 200 Å². The Morgan fingerprint density at radius 1 is 1.34 bits per heavy atom. The molecule has 0 unspecified atom stereocenters. The summed E-state index contributed by atoms with van der Waals surface area (Å²) in [6.45, 7) is 5.06. The third-order valence-electron chi connectivity index (χ3n) is 4.96. The molecule has 6 nitrogen and oxygen atoms in total. The SMILES string of the molecule is CC(C)(N)C(=O)NCC1(COc2ccc(C#N)c(F)c2)CN(Sc2ccc(Cl)cc2Cl)C1. The van der Waals surface area contributed by atoms with E-state index < -0.39 is 16.8 Å². The normalized spacial score (nSPS) is 15.5. The van der Waals surface area contributed by atoms with E-state index in [0.717, 1.165) is 4.90 Å². The van der Waals surface area contributed by atoms with Crippen LogP contribution in [0.2, 0.25) is 10.0 Å². The lowest BCUT2D eigenvalue weighted by molar-refractivity contribution is -0.126. The van der Waals surface area contributed by atoms with Crippen LogP contribution in [0, 0.1) is 22.6 Å². The fourth-order valence-electron chi connectivity index (χ4n) is 3.12. The summed E-state index contributed by atoms with van der Waals surface area (Å²) in [5.41, 5.74) is 4.43. The predicted molar refractivity (Wildman–Crippen MR) is 124 cm³/mol. The lowest BCUT2D eigenvalue weighted by Crippen LogP contribution is -2.62. The number of rotatable bonds is 8.